The van der Waals surface area contributed by atoms with Crippen LogP contribution in [0.5, 0.6) is 5.75 Å². The van der Waals surface area contributed by atoms with Crippen LogP contribution in [0.4, 0.5) is 10.1 Å². The monoisotopic (exact) mass is 466 g/mol. The number of hydrogen-bond acceptors (Lipinski definition) is 4. The summed E-state index contributed by atoms with van der Waals surface area (Å²) in [5.41, 5.74) is 6.25. The Morgan fingerprint density at radius 3 is 2.69 bits per heavy atom. The van der Waals surface area contributed by atoms with Crippen molar-refractivity contribution in [2.75, 3.05) is 12.4 Å². The Hall–Kier alpha value is -4.45. The smallest absolute Gasteiger partial charge is 0.248 e. The highest BCUT2D eigenvalue weighted by molar-refractivity contribution is 6.06. The number of methoxy groups -OCH3 is 1. The molecule has 5 nitrogen and oxygen atoms in total. The van der Waals surface area contributed by atoms with Gasteiger partial charge in [0.05, 0.1) is 18.9 Å². The largest absolute Gasteiger partial charge is 0.496 e. The predicted octanol–water partition coefficient (Wildman–Crippen LogP) is 7.15. The number of benzene rings is 3. The molecule has 5 aromatic rings. The summed E-state index contributed by atoms with van der Waals surface area (Å²) in [7, 11) is 1.60. The van der Waals surface area contributed by atoms with E-state index in [9.17, 15) is 9.18 Å². The van der Waals surface area contributed by atoms with Gasteiger partial charge in [0.25, 0.3) is 0 Å². The predicted molar refractivity (Wildman–Crippen MR) is 137 cm³/mol. The average Bonchev–Trinajstić information content (AvgIpc) is 3.28. The number of halogens is 1. The first-order valence-electron chi connectivity index (χ1n) is 11.1. The number of carbonyl (C=O) groups is 1. The van der Waals surface area contributed by atoms with Gasteiger partial charge in [-0.05, 0) is 67.4 Å². The quantitative estimate of drug-likeness (QED) is 0.280. The maximum atomic E-state index is 13.4. The average molecular weight is 467 g/mol. The molecule has 174 valence electrons. The standard InChI is InChI=1S/C29H23FN2O3/c1-17(13-27(33)32-22-10-11-26-20(14-22)5-4-12-31-26)23-15-24-25(19-6-8-21(30)9-7-19)16-35-29(24)18(2)28(23)34-3/h4-16H,1-3H3,(H,32,33)/b17-13+. The topological polar surface area (TPSA) is 64.4 Å². The van der Waals surface area contributed by atoms with Crippen molar-refractivity contribution in [2.45, 2.75) is 13.8 Å². The number of amides is 1. The fourth-order valence-electron chi connectivity index (χ4n) is 4.33. The zero-order chi connectivity index (χ0) is 24.5. The van der Waals surface area contributed by atoms with Crippen molar-refractivity contribution in [3.8, 4) is 16.9 Å². The van der Waals surface area contributed by atoms with Gasteiger partial charge in [-0.2, -0.15) is 0 Å². The molecule has 0 aliphatic carbocycles. The van der Waals surface area contributed by atoms with Crippen LogP contribution in [0.3, 0.4) is 0 Å². The van der Waals surface area contributed by atoms with Gasteiger partial charge in [-0.25, -0.2) is 4.39 Å². The summed E-state index contributed by atoms with van der Waals surface area (Å²) >= 11 is 0. The molecule has 0 fully saturated rings. The van der Waals surface area contributed by atoms with Crippen molar-refractivity contribution in [1.29, 1.82) is 0 Å². The maximum absolute atomic E-state index is 13.4. The number of anilines is 1. The van der Waals surface area contributed by atoms with Crippen LogP contribution in [0.15, 0.2) is 83.6 Å². The minimum atomic E-state index is -0.299. The number of aryl methyl sites for hydroxylation is 1. The highest BCUT2D eigenvalue weighted by atomic mass is 19.1. The summed E-state index contributed by atoms with van der Waals surface area (Å²) in [4.78, 5) is 17.2. The van der Waals surface area contributed by atoms with Crippen LogP contribution in [0.1, 0.15) is 18.1 Å². The molecule has 2 heterocycles. The van der Waals surface area contributed by atoms with E-state index in [1.807, 2.05) is 50.2 Å². The maximum Gasteiger partial charge on any atom is 0.248 e. The van der Waals surface area contributed by atoms with E-state index in [1.165, 1.54) is 12.1 Å². The van der Waals surface area contributed by atoms with E-state index in [0.717, 1.165) is 44.1 Å². The zero-order valence-electron chi connectivity index (χ0n) is 19.6. The number of fused-ring (bicyclic) bond motifs is 2. The number of ether oxygens (including phenoxy) is 1. The molecule has 0 radical (unpaired) electrons. The van der Waals surface area contributed by atoms with Gasteiger partial charge in [0.15, 0.2) is 0 Å². The highest BCUT2D eigenvalue weighted by Gasteiger charge is 2.19. The third kappa shape index (κ3) is 4.26. The molecular formula is C29H23FN2O3. The molecular weight excluding hydrogens is 443 g/mol. The molecule has 3 aromatic carbocycles. The summed E-state index contributed by atoms with van der Waals surface area (Å²) in [6.07, 6.45) is 4.95. The second-order valence-corrected chi connectivity index (χ2v) is 8.34. The Kier molecular flexibility index (Phi) is 5.79. The van der Waals surface area contributed by atoms with Crippen LogP contribution in [0, 0.1) is 12.7 Å². The van der Waals surface area contributed by atoms with Crippen molar-refractivity contribution in [1.82, 2.24) is 4.98 Å². The number of nitrogens with one attached hydrogen (secondary N) is 1. The molecule has 0 bridgehead atoms. The van der Waals surface area contributed by atoms with E-state index >= 15 is 0 Å². The van der Waals surface area contributed by atoms with E-state index in [-0.39, 0.29) is 11.7 Å². The van der Waals surface area contributed by atoms with E-state index in [2.05, 4.69) is 10.3 Å². The van der Waals surface area contributed by atoms with Crippen molar-refractivity contribution in [3.05, 3.63) is 96.1 Å². The lowest BCUT2D eigenvalue weighted by Gasteiger charge is -2.13. The van der Waals surface area contributed by atoms with Gasteiger partial charge in [0.1, 0.15) is 17.1 Å². The second kappa shape index (κ2) is 9.06. The summed E-state index contributed by atoms with van der Waals surface area (Å²) < 4.78 is 25.0. The van der Waals surface area contributed by atoms with Gasteiger partial charge in [-0.3, -0.25) is 9.78 Å². The molecule has 0 aliphatic heterocycles. The van der Waals surface area contributed by atoms with Crippen LogP contribution < -0.4 is 10.1 Å². The summed E-state index contributed by atoms with van der Waals surface area (Å²) in [6.45, 7) is 3.78. The van der Waals surface area contributed by atoms with E-state index < -0.39 is 0 Å². The fraction of sp³-hybridized carbons (Fsp3) is 0.103. The number of allylic oxidation sites excluding steroid dienone is 1. The summed E-state index contributed by atoms with van der Waals surface area (Å²) in [5, 5.41) is 4.73. The number of furan rings is 1. The van der Waals surface area contributed by atoms with Crippen molar-refractivity contribution >= 4 is 39.0 Å². The first kappa shape index (κ1) is 22.3. The molecule has 5 rings (SSSR count). The molecule has 35 heavy (non-hydrogen) atoms. The number of pyridine rings is 1. The Morgan fingerprint density at radius 2 is 1.91 bits per heavy atom. The van der Waals surface area contributed by atoms with Gasteiger partial charge in [-0.1, -0.05) is 18.2 Å². The van der Waals surface area contributed by atoms with Crippen LogP contribution in [0.25, 0.3) is 38.6 Å². The van der Waals surface area contributed by atoms with Gasteiger partial charge in [-0.15, -0.1) is 0 Å². The van der Waals surface area contributed by atoms with Gasteiger partial charge in [0.2, 0.25) is 5.91 Å². The van der Waals surface area contributed by atoms with Crippen molar-refractivity contribution in [2.24, 2.45) is 0 Å². The molecule has 0 spiro atoms. The van der Waals surface area contributed by atoms with Gasteiger partial charge >= 0.3 is 0 Å². The number of rotatable bonds is 5. The third-order valence-corrected chi connectivity index (χ3v) is 6.05. The van der Waals surface area contributed by atoms with E-state index in [4.69, 9.17) is 9.15 Å². The summed E-state index contributed by atoms with van der Waals surface area (Å²) in [6, 6.07) is 17.6. The fourth-order valence-corrected chi connectivity index (χ4v) is 4.33. The molecule has 6 heteroatoms. The van der Waals surface area contributed by atoms with E-state index in [1.54, 1.807) is 37.8 Å². The Labute approximate surface area is 201 Å². The molecule has 1 N–H and O–H groups in total. The number of carbonyl (C=O) groups excluding carboxylic acids is 1. The number of aromatic nitrogens is 1. The summed E-state index contributed by atoms with van der Waals surface area (Å²) in [5.74, 6) is 0.0832. The van der Waals surface area contributed by atoms with Crippen molar-refractivity contribution < 1.29 is 18.3 Å². The Balaban J connectivity index is 1.51. The molecule has 0 saturated heterocycles. The minimum absolute atomic E-state index is 0.253. The number of nitrogens with zero attached hydrogens (tertiary/aromatic N) is 1. The second-order valence-electron chi connectivity index (χ2n) is 8.34. The van der Waals surface area contributed by atoms with Gasteiger partial charge in [0, 0.05) is 45.4 Å². The normalized spacial score (nSPS) is 11.7. The molecule has 2 aromatic heterocycles. The van der Waals surface area contributed by atoms with Crippen LogP contribution >= 0.6 is 0 Å². The third-order valence-electron chi connectivity index (χ3n) is 6.05. The SMILES string of the molecule is COc1c(/C(C)=C/C(=O)Nc2ccc3ncccc3c2)cc2c(-c3ccc(F)cc3)coc2c1C. The molecule has 0 saturated carbocycles. The Bertz CT molecular complexity index is 1600. The molecule has 0 unspecified atom stereocenters. The first-order valence-corrected chi connectivity index (χ1v) is 11.1. The van der Waals surface area contributed by atoms with Crippen LogP contribution in [-0.2, 0) is 4.79 Å². The lowest BCUT2D eigenvalue weighted by atomic mass is 9.96. The lowest BCUT2D eigenvalue weighted by molar-refractivity contribution is -0.111. The van der Waals surface area contributed by atoms with Crippen LogP contribution in [0.2, 0.25) is 0 Å². The highest BCUT2D eigenvalue weighted by Crippen LogP contribution is 2.40. The van der Waals surface area contributed by atoms with Crippen molar-refractivity contribution in [3.63, 3.8) is 0 Å². The number of hydrogen-bond donors (Lipinski definition) is 1. The molecule has 0 atom stereocenters. The first-order chi connectivity index (χ1) is 16.9. The van der Waals surface area contributed by atoms with E-state index in [0.29, 0.717) is 17.0 Å². The zero-order valence-corrected chi connectivity index (χ0v) is 19.6. The van der Waals surface area contributed by atoms with Crippen LogP contribution in [-0.4, -0.2) is 18.0 Å². The minimum Gasteiger partial charge on any atom is -0.496 e. The Morgan fingerprint density at radius 1 is 1.11 bits per heavy atom. The molecule has 1 amide bonds. The molecule has 0 aliphatic rings. The lowest BCUT2D eigenvalue weighted by Crippen LogP contribution is -2.08. The van der Waals surface area contributed by atoms with Gasteiger partial charge < -0.3 is 14.5 Å².